The van der Waals surface area contributed by atoms with E-state index in [-0.39, 0.29) is 36.4 Å². The van der Waals surface area contributed by atoms with Gasteiger partial charge in [0.25, 0.3) is 5.91 Å². The van der Waals surface area contributed by atoms with Crippen molar-refractivity contribution >= 4 is 28.3 Å². The second-order valence-electron chi connectivity index (χ2n) is 6.33. The second-order valence-corrected chi connectivity index (χ2v) is 8.10. The third kappa shape index (κ3) is 5.65. The van der Waals surface area contributed by atoms with Gasteiger partial charge in [-0.2, -0.15) is 0 Å². The maximum Gasteiger partial charge on any atom is 0.254 e. The summed E-state index contributed by atoms with van der Waals surface area (Å²) in [6, 6.07) is 4.67. The summed E-state index contributed by atoms with van der Waals surface area (Å²) in [5.74, 6) is 0.335. The molecule has 0 radical (unpaired) electrons. The Hall–Kier alpha value is -1.19. The highest BCUT2D eigenvalue weighted by Crippen LogP contribution is 2.22. The molecule has 9 heteroatoms. The number of carbonyl (C=O) groups excluding carboxylic acids is 1. The van der Waals surface area contributed by atoms with Gasteiger partial charge < -0.3 is 15.0 Å². The van der Waals surface area contributed by atoms with Gasteiger partial charge in [-0.05, 0) is 50.6 Å². The average molecular weight is 406 g/mol. The number of benzene rings is 1. The molecule has 0 aromatic heterocycles. The van der Waals surface area contributed by atoms with Crippen molar-refractivity contribution in [2.75, 3.05) is 46.9 Å². The van der Waals surface area contributed by atoms with Crippen LogP contribution in [0.5, 0.6) is 0 Å². The zero-order valence-corrected chi connectivity index (χ0v) is 17.1. The van der Waals surface area contributed by atoms with E-state index < -0.39 is 10.0 Å². The van der Waals surface area contributed by atoms with E-state index in [1.54, 1.807) is 11.0 Å². The Morgan fingerprint density at radius 3 is 2.77 bits per heavy atom. The Morgan fingerprint density at radius 2 is 2.12 bits per heavy atom. The molecule has 0 aliphatic carbocycles. The molecule has 1 fully saturated rings. The van der Waals surface area contributed by atoms with Crippen molar-refractivity contribution in [3.63, 3.8) is 0 Å². The van der Waals surface area contributed by atoms with Gasteiger partial charge in [-0.15, -0.1) is 12.4 Å². The lowest BCUT2D eigenvalue weighted by molar-refractivity contribution is 0.0786. The number of methoxy groups -OCH3 is 1. The van der Waals surface area contributed by atoms with Crippen molar-refractivity contribution in [3.05, 3.63) is 29.3 Å². The molecule has 1 unspecified atom stereocenters. The Kier molecular flexibility index (Phi) is 8.99. The minimum absolute atomic E-state index is 0. The lowest BCUT2D eigenvalue weighted by Gasteiger charge is -2.18. The molecule has 148 valence electrons. The molecule has 2 N–H and O–H groups in total. The molecule has 1 aliphatic rings. The molecule has 7 nitrogen and oxygen atoms in total. The highest BCUT2D eigenvalue weighted by atomic mass is 35.5. The molecule has 1 atom stereocenters. The predicted molar refractivity (Wildman–Crippen MR) is 103 cm³/mol. The number of sulfonamides is 1. The van der Waals surface area contributed by atoms with Crippen LogP contribution in [0, 0.1) is 12.8 Å². The van der Waals surface area contributed by atoms with Crippen molar-refractivity contribution in [2.45, 2.75) is 18.2 Å². The fraction of sp³-hybridized carbons (Fsp3) is 0.588. The molecule has 0 bridgehead atoms. The van der Waals surface area contributed by atoms with Gasteiger partial charge in [0, 0.05) is 32.3 Å². The zero-order valence-electron chi connectivity index (χ0n) is 15.4. The fourth-order valence-electron chi connectivity index (χ4n) is 3.00. The van der Waals surface area contributed by atoms with E-state index in [0.29, 0.717) is 24.6 Å². The third-order valence-electron chi connectivity index (χ3n) is 4.41. The molecule has 1 aromatic rings. The summed E-state index contributed by atoms with van der Waals surface area (Å²) in [6.45, 7) is 4.57. The SMILES string of the molecule is CNCC1CCN(C(=O)c2cc(S(=O)(=O)NCCOC)ccc2C)C1.Cl. The summed E-state index contributed by atoms with van der Waals surface area (Å²) in [5, 5.41) is 3.14. The van der Waals surface area contributed by atoms with Crippen LogP contribution in [0.2, 0.25) is 0 Å². The summed E-state index contributed by atoms with van der Waals surface area (Å²) in [5.41, 5.74) is 1.22. The molecule has 1 amide bonds. The minimum atomic E-state index is -3.66. The summed E-state index contributed by atoms with van der Waals surface area (Å²) in [4.78, 5) is 14.7. The van der Waals surface area contributed by atoms with Gasteiger partial charge >= 0.3 is 0 Å². The van der Waals surface area contributed by atoms with Crippen LogP contribution in [0.25, 0.3) is 0 Å². The van der Waals surface area contributed by atoms with E-state index in [2.05, 4.69) is 10.0 Å². The first-order valence-corrected chi connectivity index (χ1v) is 9.90. The lowest BCUT2D eigenvalue weighted by atomic mass is 10.1. The van der Waals surface area contributed by atoms with Crippen molar-refractivity contribution in [2.24, 2.45) is 5.92 Å². The van der Waals surface area contributed by atoms with E-state index in [9.17, 15) is 13.2 Å². The van der Waals surface area contributed by atoms with Crippen molar-refractivity contribution in [3.8, 4) is 0 Å². The predicted octanol–water partition coefficient (Wildman–Crippen LogP) is 1.02. The molecule has 0 saturated carbocycles. The Balaban J connectivity index is 0.00000338. The number of amides is 1. The van der Waals surface area contributed by atoms with Crippen LogP contribution >= 0.6 is 12.4 Å². The van der Waals surface area contributed by atoms with Crippen LogP contribution in [0.15, 0.2) is 23.1 Å². The number of ether oxygens (including phenoxy) is 1. The Bertz CT molecular complexity index is 712. The fourth-order valence-corrected chi connectivity index (χ4v) is 4.04. The summed E-state index contributed by atoms with van der Waals surface area (Å²) in [7, 11) is -0.248. The second kappa shape index (κ2) is 10.2. The third-order valence-corrected chi connectivity index (χ3v) is 5.87. The summed E-state index contributed by atoms with van der Waals surface area (Å²) in [6.07, 6.45) is 0.961. The Morgan fingerprint density at radius 1 is 1.38 bits per heavy atom. The van der Waals surface area contributed by atoms with Crippen LogP contribution < -0.4 is 10.0 Å². The van der Waals surface area contributed by atoms with E-state index in [1.807, 2.05) is 14.0 Å². The minimum Gasteiger partial charge on any atom is -0.383 e. The average Bonchev–Trinajstić information content (AvgIpc) is 3.03. The molecule has 1 aromatic carbocycles. The number of aryl methyl sites for hydroxylation is 1. The number of rotatable bonds is 8. The van der Waals surface area contributed by atoms with Crippen molar-refractivity contribution in [1.29, 1.82) is 0 Å². The summed E-state index contributed by atoms with van der Waals surface area (Å²) < 4.78 is 32.0. The molecule has 1 heterocycles. The van der Waals surface area contributed by atoms with Gasteiger partial charge in [-0.3, -0.25) is 4.79 Å². The first-order chi connectivity index (χ1) is 11.9. The highest BCUT2D eigenvalue weighted by Gasteiger charge is 2.28. The monoisotopic (exact) mass is 405 g/mol. The van der Waals surface area contributed by atoms with Crippen LogP contribution in [0.1, 0.15) is 22.3 Å². The van der Waals surface area contributed by atoms with Gasteiger partial charge in [0.2, 0.25) is 10.0 Å². The number of hydrogen-bond donors (Lipinski definition) is 2. The van der Waals surface area contributed by atoms with Gasteiger partial charge in [0.05, 0.1) is 11.5 Å². The van der Waals surface area contributed by atoms with E-state index in [0.717, 1.165) is 18.5 Å². The Labute approximate surface area is 161 Å². The van der Waals surface area contributed by atoms with Crippen LogP contribution in [0.3, 0.4) is 0 Å². The first kappa shape index (κ1) is 22.9. The lowest BCUT2D eigenvalue weighted by Crippen LogP contribution is -2.31. The van der Waals surface area contributed by atoms with Crippen LogP contribution in [0.4, 0.5) is 0 Å². The zero-order chi connectivity index (χ0) is 18.4. The smallest absolute Gasteiger partial charge is 0.254 e. The number of halogens is 1. The molecular weight excluding hydrogens is 378 g/mol. The molecule has 1 aliphatic heterocycles. The van der Waals surface area contributed by atoms with Crippen LogP contribution in [-0.2, 0) is 14.8 Å². The molecule has 26 heavy (non-hydrogen) atoms. The van der Waals surface area contributed by atoms with Crippen molar-refractivity contribution in [1.82, 2.24) is 14.9 Å². The largest absolute Gasteiger partial charge is 0.383 e. The number of nitrogens with one attached hydrogen (secondary N) is 2. The highest BCUT2D eigenvalue weighted by molar-refractivity contribution is 7.89. The topological polar surface area (TPSA) is 87.7 Å². The van der Waals surface area contributed by atoms with E-state index >= 15 is 0 Å². The number of nitrogens with zero attached hydrogens (tertiary/aromatic N) is 1. The van der Waals surface area contributed by atoms with Crippen molar-refractivity contribution < 1.29 is 17.9 Å². The number of carbonyl (C=O) groups is 1. The molecular formula is C17H28ClN3O4S. The maximum absolute atomic E-state index is 12.8. The molecule has 1 saturated heterocycles. The van der Waals surface area contributed by atoms with Crippen LogP contribution in [-0.4, -0.2) is 66.2 Å². The van der Waals surface area contributed by atoms with Gasteiger partial charge in [-0.25, -0.2) is 13.1 Å². The first-order valence-electron chi connectivity index (χ1n) is 8.42. The van der Waals surface area contributed by atoms with Gasteiger partial charge in [0.1, 0.15) is 0 Å². The summed E-state index contributed by atoms with van der Waals surface area (Å²) >= 11 is 0. The quantitative estimate of drug-likeness (QED) is 0.630. The molecule has 0 spiro atoms. The standard InChI is InChI=1S/C17H27N3O4S.ClH/c1-13-4-5-15(25(22,23)19-7-9-24-3)10-16(13)17(21)20-8-6-14(12-20)11-18-2;/h4-5,10,14,18-19H,6-9,11-12H2,1-3H3;1H. The normalized spacial score (nSPS) is 17.2. The van der Waals surface area contributed by atoms with Gasteiger partial charge in [-0.1, -0.05) is 6.07 Å². The number of hydrogen-bond acceptors (Lipinski definition) is 5. The van der Waals surface area contributed by atoms with Gasteiger partial charge in [0.15, 0.2) is 0 Å². The van der Waals surface area contributed by atoms with E-state index in [1.165, 1.54) is 19.2 Å². The molecule has 2 rings (SSSR count). The van der Waals surface area contributed by atoms with E-state index in [4.69, 9.17) is 4.74 Å². The number of likely N-dealkylation sites (tertiary alicyclic amines) is 1. The maximum atomic E-state index is 12.8.